The molecule has 0 aliphatic heterocycles. The van der Waals surface area contributed by atoms with E-state index in [1.165, 1.54) is 32.1 Å². The van der Waals surface area contributed by atoms with Gasteiger partial charge in [0.15, 0.2) is 0 Å². The lowest BCUT2D eigenvalue weighted by molar-refractivity contribution is -0.0467. The maximum atomic E-state index is 9.66. The zero-order valence-electron chi connectivity index (χ0n) is 14.4. The predicted octanol–water partition coefficient (Wildman–Crippen LogP) is 3.36. The molecule has 3 heteroatoms. The average Bonchev–Trinajstić information content (AvgIpc) is 3.22. The van der Waals surface area contributed by atoms with Gasteiger partial charge in [-0.3, -0.25) is 0 Å². The molecule has 0 spiro atoms. The lowest BCUT2D eigenvalue weighted by Crippen LogP contribution is -2.48. The second kappa shape index (κ2) is 7.43. The highest BCUT2D eigenvalue weighted by molar-refractivity contribution is 4.92. The van der Waals surface area contributed by atoms with Gasteiger partial charge < -0.3 is 15.2 Å². The first-order valence-electron chi connectivity index (χ1n) is 8.93. The van der Waals surface area contributed by atoms with E-state index in [0.29, 0.717) is 24.0 Å². The Morgan fingerprint density at radius 1 is 1.24 bits per heavy atom. The van der Waals surface area contributed by atoms with Gasteiger partial charge in [0.1, 0.15) is 0 Å². The van der Waals surface area contributed by atoms with Crippen molar-refractivity contribution >= 4 is 0 Å². The Labute approximate surface area is 130 Å². The number of aliphatic hydroxyl groups excluding tert-OH is 1. The van der Waals surface area contributed by atoms with Crippen LogP contribution in [0.15, 0.2) is 0 Å². The Morgan fingerprint density at radius 2 is 1.95 bits per heavy atom. The van der Waals surface area contributed by atoms with Crippen LogP contribution in [0.2, 0.25) is 0 Å². The SMILES string of the molecule is CC1CCC(C(C)C)C(OCCC(C)(CO)NC2CC2)C1. The smallest absolute Gasteiger partial charge is 0.0611 e. The van der Waals surface area contributed by atoms with Gasteiger partial charge in [-0.1, -0.05) is 27.2 Å². The van der Waals surface area contributed by atoms with E-state index in [1.54, 1.807) is 0 Å². The number of hydrogen-bond donors (Lipinski definition) is 2. The molecule has 124 valence electrons. The van der Waals surface area contributed by atoms with Crippen molar-refractivity contribution in [2.45, 2.75) is 83.9 Å². The van der Waals surface area contributed by atoms with Crippen LogP contribution < -0.4 is 5.32 Å². The van der Waals surface area contributed by atoms with Crippen LogP contribution >= 0.6 is 0 Å². The van der Waals surface area contributed by atoms with Crippen molar-refractivity contribution < 1.29 is 9.84 Å². The molecule has 0 bridgehead atoms. The molecule has 2 rings (SSSR count). The highest BCUT2D eigenvalue weighted by atomic mass is 16.5. The zero-order chi connectivity index (χ0) is 15.5. The van der Waals surface area contributed by atoms with Crippen molar-refractivity contribution in [2.75, 3.05) is 13.2 Å². The summed E-state index contributed by atoms with van der Waals surface area (Å²) in [5.74, 6) is 2.20. The van der Waals surface area contributed by atoms with Gasteiger partial charge in [-0.2, -0.15) is 0 Å². The third kappa shape index (κ3) is 5.22. The minimum Gasteiger partial charge on any atom is -0.394 e. The third-order valence-corrected chi connectivity index (χ3v) is 5.43. The minimum atomic E-state index is -0.172. The molecule has 2 aliphatic rings. The summed E-state index contributed by atoms with van der Waals surface area (Å²) >= 11 is 0. The Hall–Kier alpha value is -0.120. The summed E-state index contributed by atoms with van der Waals surface area (Å²) in [5.41, 5.74) is -0.172. The molecule has 0 aromatic rings. The summed E-state index contributed by atoms with van der Waals surface area (Å²) in [4.78, 5) is 0. The Balaban J connectivity index is 1.79. The van der Waals surface area contributed by atoms with Crippen molar-refractivity contribution in [2.24, 2.45) is 17.8 Å². The van der Waals surface area contributed by atoms with E-state index in [0.717, 1.165) is 18.9 Å². The van der Waals surface area contributed by atoms with Crippen LogP contribution in [-0.4, -0.2) is 36.0 Å². The molecule has 0 aromatic carbocycles. The van der Waals surface area contributed by atoms with E-state index in [-0.39, 0.29) is 12.1 Å². The first-order chi connectivity index (χ1) is 9.93. The van der Waals surface area contributed by atoms with Crippen LogP contribution in [0, 0.1) is 17.8 Å². The van der Waals surface area contributed by atoms with Crippen LogP contribution in [0.25, 0.3) is 0 Å². The van der Waals surface area contributed by atoms with Gasteiger partial charge in [0.05, 0.1) is 12.7 Å². The molecule has 0 saturated heterocycles. The molecule has 4 atom stereocenters. The van der Waals surface area contributed by atoms with Crippen LogP contribution in [0.4, 0.5) is 0 Å². The predicted molar refractivity (Wildman–Crippen MR) is 87.3 cm³/mol. The van der Waals surface area contributed by atoms with Crippen molar-refractivity contribution in [3.63, 3.8) is 0 Å². The quantitative estimate of drug-likeness (QED) is 0.722. The topological polar surface area (TPSA) is 41.5 Å². The monoisotopic (exact) mass is 297 g/mol. The largest absolute Gasteiger partial charge is 0.394 e. The van der Waals surface area contributed by atoms with E-state index < -0.39 is 0 Å². The van der Waals surface area contributed by atoms with Crippen molar-refractivity contribution in [1.29, 1.82) is 0 Å². The number of aliphatic hydroxyl groups is 1. The Kier molecular flexibility index (Phi) is 6.10. The normalized spacial score (nSPS) is 33.1. The first-order valence-corrected chi connectivity index (χ1v) is 8.93. The average molecular weight is 297 g/mol. The van der Waals surface area contributed by atoms with E-state index in [9.17, 15) is 5.11 Å². The second-order valence-corrected chi connectivity index (χ2v) is 8.12. The maximum absolute atomic E-state index is 9.66. The minimum absolute atomic E-state index is 0.172. The molecule has 0 aromatic heterocycles. The Morgan fingerprint density at radius 3 is 2.52 bits per heavy atom. The number of hydrogen-bond acceptors (Lipinski definition) is 3. The van der Waals surface area contributed by atoms with Crippen LogP contribution in [-0.2, 0) is 4.74 Å². The molecule has 2 N–H and O–H groups in total. The molecule has 21 heavy (non-hydrogen) atoms. The molecule has 4 unspecified atom stereocenters. The fraction of sp³-hybridized carbons (Fsp3) is 1.00. The number of rotatable bonds is 8. The van der Waals surface area contributed by atoms with Crippen LogP contribution in [0.3, 0.4) is 0 Å². The van der Waals surface area contributed by atoms with E-state index >= 15 is 0 Å². The molecule has 2 aliphatic carbocycles. The van der Waals surface area contributed by atoms with Crippen LogP contribution in [0.5, 0.6) is 0 Å². The van der Waals surface area contributed by atoms with Crippen molar-refractivity contribution in [1.82, 2.24) is 5.32 Å². The highest BCUT2D eigenvalue weighted by Gasteiger charge is 2.34. The molecular weight excluding hydrogens is 262 g/mol. The number of nitrogens with one attached hydrogen (secondary N) is 1. The van der Waals surface area contributed by atoms with Gasteiger partial charge in [-0.05, 0) is 56.8 Å². The fourth-order valence-corrected chi connectivity index (χ4v) is 3.66. The van der Waals surface area contributed by atoms with Gasteiger partial charge in [0, 0.05) is 18.2 Å². The lowest BCUT2D eigenvalue weighted by atomic mass is 9.75. The molecule has 0 heterocycles. The number of ether oxygens (including phenoxy) is 1. The van der Waals surface area contributed by atoms with Gasteiger partial charge >= 0.3 is 0 Å². The van der Waals surface area contributed by atoms with Gasteiger partial charge in [-0.25, -0.2) is 0 Å². The molecule has 3 nitrogen and oxygen atoms in total. The molecule has 0 amide bonds. The van der Waals surface area contributed by atoms with Gasteiger partial charge in [0.25, 0.3) is 0 Å². The zero-order valence-corrected chi connectivity index (χ0v) is 14.4. The Bertz CT molecular complexity index is 316. The van der Waals surface area contributed by atoms with E-state index in [1.807, 2.05) is 0 Å². The maximum Gasteiger partial charge on any atom is 0.0611 e. The fourth-order valence-electron chi connectivity index (χ4n) is 3.66. The van der Waals surface area contributed by atoms with Gasteiger partial charge in [-0.15, -0.1) is 0 Å². The summed E-state index contributed by atoms with van der Waals surface area (Å²) in [7, 11) is 0. The molecule has 2 fully saturated rings. The third-order valence-electron chi connectivity index (χ3n) is 5.43. The standard InChI is InChI=1S/C18H35NO2/c1-13(2)16-8-5-14(3)11-17(16)21-10-9-18(4,12-20)19-15-6-7-15/h13-17,19-20H,5-12H2,1-4H3. The van der Waals surface area contributed by atoms with Crippen molar-refractivity contribution in [3.8, 4) is 0 Å². The van der Waals surface area contributed by atoms with Crippen LogP contribution in [0.1, 0.15) is 66.2 Å². The van der Waals surface area contributed by atoms with Crippen molar-refractivity contribution in [3.05, 3.63) is 0 Å². The summed E-state index contributed by atoms with van der Waals surface area (Å²) in [5, 5.41) is 13.2. The van der Waals surface area contributed by atoms with E-state index in [4.69, 9.17) is 4.74 Å². The van der Waals surface area contributed by atoms with E-state index in [2.05, 4.69) is 33.0 Å². The lowest BCUT2D eigenvalue weighted by Gasteiger charge is -2.38. The second-order valence-electron chi connectivity index (χ2n) is 8.12. The summed E-state index contributed by atoms with van der Waals surface area (Å²) in [6, 6.07) is 0.625. The summed E-state index contributed by atoms with van der Waals surface area (Å²) < 4.78 is 6.28. The van der Waals surface area contributed by atoms with Gasteiger partial charge in [0.2, 0.25) is 0 Å². The highest BCUT2D eigenvalue weighted by Crippen LogP contribution is 2.35. The summed E-state index contributed by atoms with van der Waals surface area (Å²) in [6.07, 6.45) is 7.68. The first kappa shape index (κ1) is 17.2. The molecular formula is C18H35NO2. The molecule has 2 saturated carbocycles. The summed E-state index contributed by atoms with van der Waals surface area (Å²) in [6.45, 7) is 10.1. The molecule has 0 radical (unpaired) electrons.